The van der Waals surface area contributed by atoms with Crippen LogP contribution in [-0.4, -0.2) is 29.5 Å². The second kappa shape index (κ2) is 6.56. The molecule has 1 fully saturated rings. The lowest BCUT2D eigenvalue weighted by Crippen LogP contribution is -2.20. The van der Waals surface area contributed by atoms with Gasteiger partial charge in [-0.1, -0.05) is 24.4 Å². The zero-order valence-corrected chi connectivity index (χ0v) is 10.0. The highest BCUT2D eigenvalue weighted by molar-refractivity contribution is 5.16. The minimum absolute atomic E-state index is 0.271. The molecule has 0 amide bonds. The Kier molecular flexibility index (Phi) is 4.75. The molecule has 96 valence electrons. The number of hydrogen-bond donors (Lipinski definition) is 2. The molecule has 1 aliphatic rings. The fourth-order valence-corrected chi connectivity index (χ4v) is 2.02. The van der Waals surface area contributed by atoms with Crippen molar-refractivity contribution in [1.82, 2.24) is 10.2 Å². The number of hydrogen-bond acceptors (Lipinski definition) is 6. The summed E-state index contributed by atoms with van der Waals surface area (Å²) in [5.74, 6) is 0.445. The number of anilines is 1. The van der Waals surface area contributed by atoms with E-state index in [9.17, 15) is 0 Å². The van der Waals surface area contributed by atoms with E-state index in [1.165, 1.54) is 32.1 Å². The second-order valence-corrected chi connectivity index (χ2v) is 4.26. The maximum Gasteiger partial charge on any atom is 0.315 e. The van der Waals surface area contributed by atoms with Crippen LogP contribution in [0.5, 0.6) is 0 Å². The van der Waals surface area contributed by atoms with Crippen molar-refractivity contribution in [3.05, 3.63) is 5.89 Å². The molecule has 6 nitrogen and oxygen atoms in total. The third-order valence-corrected chi connectivity index (χ3v) is 2.93. The van der Waals surface area contributed by atoms with E-state index < -0.39 is 0 Å². The highest BCUT2D eigenvalue weighted by Crippen LogP contribution is 2.19. The third kappa shape index (κ3) is 3.98. The molecule has 1 saturated carbocycles. The van der Waals surface area contributed by atoms with Crippen molar-refractivity contribution in [3.8, 4) is 0 Å². The quantitative estimate of drug-likeness (QED) is 0.729. The largest absolute Gasteiger partial charge is 0.407 e. The van der Waals surface area contributed by atoms with Gasteiger partial charge in [-0.25, -0.2) is 0 Å². The van der Waals surface area contributed by atoms with Crippen LogP contribution in [0, 0.1) is 0 Å². The first-order valence-electron chi connectivity index (χ1n) is 6.26. The predicted molar refractivity (Wildman–Crippen MR) is 63.5 cm³/mol. The summed E-state index contributed by atoms with van der Waals surface area (Å²) >= 11 is 0. The summed E-state index contributed by atoms with van der Waals surface area (Å²) < 4.78 is 11.0. The van der Waals surface area contributed by atoms with E-state index >= 15 is 0 Å². The molecule has 0 radical (unpaired) electrons. The summed E-state index contributed by atoms with van der Waals surface area (Å²) in [7, 11) is 0. The van der Waals surface area contributed by atoms with E-state index in [1.807, 2.05) is 0 Å². The smallest absolute Gasteiger partial charge is 0.315 e. The molecule has 3 N–H and O–H groups in total. The molecule has 17 heavy (non-hydrogen) atoms. The molecule has 0 unspecified atom stereocenters. The van der Waals surface area contributed by atoms with Gasteiger partial charge in [0.1, 0.15) is 0 Å². The van der Waals surface area contributed by atoms with E-state index in [4.69, 9.17) is 14.9 Å². The first kappa shape index (κ1) is 12.3. The van der Waals surface area contributed by atoms with Crippen LogP contribution in [0.3, 0.4) is 0 Å². The Bertz CT molecular complexity index is 323. The van der Waals surface area contributed by atoms with Crippen molar-refractivity contribution in [1.29, 1.82) is 0 Å². The van der Waals surface area contributed by atoms with Gasteiger partial charge in [-0.2, -0.15) is 0 Å². The van der Waals surface area contributed by atoms with Crippen molar-refractivity contribution >= 4 is 6.01 Å². The molecule has 1 heterocycles. The Balaban J connectivity index is 1.59. The highest BCUT2D eigenvalue weighted by atomic mass is 16.5. The average Bonchev–Trinajstić information content (AvgIpc) is 2.84. The van der Waals surface area contributed by atoms with Gasteiger partial charge in [0.15, 0.2) is 0 Å². The van der Waals surface area contributed by atoms with Crippen molar-refractivity contribution in [2.24, 2.45) is 5.73 Å². The van der Waals surface area contributed by atoms with Crippen molar-refractivity contribution in [3.63, 3.8) is 0 Å². The second-order valence-electron chi connectivity index (χ2n) is 4.26. The summed E-state index contributed by atoms with van der Waals surface area (Å²) in [6, 6.07) is 0.415. The number of ether oxygens (including phenoxy) is 1. The fourth-order valence-electron chi connectivity index (χ4n) is 2.02. The van der Waals surface area contributed by atoms with Gasteiger partial charge in [-0.15, -0.1) is 5.10 Å². The van der Waals surface area contributed by atoms with Gasteiger partial charge in [-0.3, -0.25) is 0 Å². The van der Waals surface area contributed by atoms with Crippen LogP contribution in [0.25, 0.3) is 0 Å². The molecule has 0 aliphatic heterocycles. The van der Waals surface area contributed by atoms with Crippen molar-refractivity contribution in [2.75, 3.05) is 18.5 Å². The summed E-state index contributed by atoms with van der Waals surface area (Å²) in [5, 5.41) is 10.6. The molecule has 1 aromatic rings. The van der Waals surface area contributed by atoms with E-state index in [0.717, 1.165) is 0 Å². The summed E-state index contributed by atoms with van der Waals surface area (Å²) in [6.07, 6.45) is 6.76. The minimum Gasteiger partial charge on any atom is -0.407 e. The normalized spacial score (nSPS) is 17.2. The molecular weight excluding hydrogens is 220 g/mol. The monoisotopic (exact) mass is 240 g/mol. The van der Waals surface area contributed by atoms with E-state index in [2.05, 4.69) is 15.5 Å². The fraction of sp³-hybridized carbons (Fsp3) is 0.818. The molecule has 6 heteroatoms. The number of nitrogens with two attached hydrogens (primary N) is 1. The van der Waals surface area contributed by atoms with Crippen LogP contribution < -0.4 is 11.1 Å². The van der Waals surface area contributed by atoms with Gasteiger partial charge < -0.3 is 20.2 Å². The van der Waals surface area contributed by atoms with Crippen molar-refractivity contribution < 1.29 is 9.15 Å². The van der Waals surface area contributed by atoms with Crippen LogP contribution in [0.2, 0.25) is 0 Å². The first-order chi connectivity index (χ1) is 8.38. The Hall–Kier alpha value is -1.14. The lowest BCUT2D eigenvalue weighted by Gasteiger charge is -2.21. The maximum absolute atomic E-state index is 5.76. The number of nitrogens with one attached hydrogen (secondary N) is 1. The molecule has 2 rings (SSSR count). The zero-order valence-electron chi connectivity index (χ0n) is 10.0. The lowest BCUT2D eigenvalue weighted by molar-refractivity contribution is 0.0346. The molecule has 0 aromatic carbocycles. The average molecular weight is 240 g/mol. The highest BCUT2D eigenvalue weighted by Gasteiger charge is 2.13. The van der Waals surface area contributed by atoms with Gasteiger partial charge >= 0.3 is 6.01 Å². The maximum atomic E-state index is 5.76. The van der Waals surface area contributed by atoms with Gasteiger partial charge in [-0.05, 0) is 12.8 Å². The number of aromatic nitrogens is 2. The summed E-state index contributed by atoms with van der Waals surface area (Å²) in [5.41, 5.74) is 5.37. The lowest BCUT2D eigenvalue weighted by atomic mass is 9.98. The number of rotatable bonds is 6. The molecule has 1 aliphatic carbocycles. The van der Waals surface area contributed by atoms with Crippen LogP contribution >= 0.6 is 0 Å². The van der Waals surface area contributed by atoms with Crippen LogP contribution in [0.15, 0.2) is 4.42 Å². The Morgan fingerprint density at radius 2 is 2.12 bits per heavy atom. The first-order valence-corrected chi connectivity index (χ1v) is 6.26. The van der Waals surface area contributed by atoms with Gasteiger partial charge in [0, 0.05) is 6.54 Å². The summed E-state index contributed by atoms with van der Waals surface area (Å²) in [6.45, 7) is 1.63. The molecule has 0 bridgehead atoms. The minimum atomic E-state index is 0.271. The topological polar surface area (TPSA) is 86.2 Å². The van der Waals surface area contributed by atoms with Gasteiger partial charge in [0.25, 0.3) is 0 Å². The third-order valence-electron chi connectivity index (χ3n) is 2.93. The summed E-state index contributed by atoms with van der Waals surface area (Å²) in [4.78, 5) is 0. The van der Waals surface area contributed by atoms with Gasteiger partial charge in [0.05, 0.1) is 19.3 Å². The van der Waals surface area contributed by atoms with Crippen LogP contribution in [0.1, 0.15) is 38.0 Å². The molecule has 1 aromatic heterocycles. The number of nitrogens with zero attached hydrogens (tertiary/aromatic N) is 2. The van der Waals surface area contributed by atoms with Gasteiger partial charge in [0.2, 0.25) is 5.89 Å². The Morgan fingerprint density at radius 1 is 1.29 bits per heavy atom. The predicted octanol–water partition coefficient (Wildman–Crippen LogP) is 1.29. The van der Waals surface area contributed by atoms with E-state index in [0.29, 0.717) is 31.2 Å². The van der Waals surface area contributed by atoms with Crippen LogP contribution in [0.4, 0.5) is 6.01 Å². The van der Waals surface area contributed by atoms with Crippen molar-refractivity contribution in [2.45, 2.75) is 44.8 Å². The Morgan fingerprint density at radius 3 is 2.82 bits per heavy atom. The molecular formula is C11H20N4O2. The SMILES string of the molecule is NCc1nnc(NCCOC2CCCCC2)o1. The van der Waals surface area contributed by atoms with Crippen LogP contribution in [-0.2, 0) is 11.3 Å². The Labute approximate surface area is 101 Å². The van der Waals surface area contributed by atoms with E-state index in [1.54, 1.807) is 0 Å². The molecule has 0 atom stereocenters. The standard InChI is InChI=1S/C11H20N4O2/c12-8-10-14-15-11(17-10)13-6-7-16-9-4-2-1-3-5-9/h9H,1-8,12H2,(H,13,15). The van der Waals surface area contributed by atoms with E-state index in [-0.39, 0.29) is 6.54 Å². The molecule has 0 spiro atoms. The zero-order chi connectivity index (χ0) is 11.9. The molecule has 0 saturated heterocycles.